The third kappa shape index (κ3) is 4.14. The molecule has 1 saturated heterocycles. The third-order valence-electron chi connectivity index (χ3n) is 4.99. The van der Waals surface area contributed by atoms with E-state index in [9.17, 15) is 14.7 Å². The maximum absolute atomic E-state index is 12.2. The average molecular weight is 382 g/mol. The molecule has 2 atom stereocenters. The molecule has 148 valence electrons. The van der Waals surface area contributed by atoms with Crippen molar-refractivity contribution in [2.75, 3.05) is 19.7 Å². The highest BCUT2D eigenvalue weighted by molar-refractivity contribution is 6.29. The van der Waals surface area contributed by atoms with Gasteiger partial charge in [0.1, 0.15) is 5.75 Å². The Morgan fingerprint density at radius 2 is 1.79 bits per heavy atom. The predicted molar refractivity (Wildman–Crippen MR) is 107 cm³/mol. The molecule has 0 amide bonds. The summed E-state index contributed by atoms with van der Waals surface area (Å²) in [7, 11) is 0. The SMILES string of the molecule is CCCC(N)C1CNCCO1.O=C1c2ccccc2C(=O)c2c(O)cccc21. The normalized spacial score (nSPS) is 19.1. The monoisotopic (exact) mass is 382 g/mol. The van der Waals surface area contributed by atoms with Gasteiger partial charge in [-0.25, -0.2) is 0 Å². The van der Waals surface area contributed by atoms with Crippen molar-refractivity contribution in [3.05, 3.63) is 64.7 Å². The predicted octanol–water partition coefficient (Wildman–Crippen LogP) is 2.27. The summed E-state index contributed by atoms with van der Waals surface area (Å²) in [5, 5.41) is 13.0. The summed E-state index contributed by atoms with van der Waals surface area (Å²) >= 11 is 0. The van der Waals surface area contributed by atoms with Gasteiger partial charge in [-0.2, -0.15) is 0 Å². The van der Waals surface area contributed by atoms with Gasteiger partial charge in [0, 0.05) is 35.8 Å². The number of nitrogens with two attached hydrogens (primary N) is 1. The minimum Gasteiger partial charge on any atom is -0.507 e. The number of aromatic hydroxyl groups is 1. The maximum Gasteiger partial charge on any atom is 0.198 e. The number of benzene rings is 2. The number of nitrogens with one attached hydrogen (secondary N) is 1. The quantitative estimate of drug-likeness (QED) is 0.642. The summed E-state index contributed by atoms with van der Waals surface area (Å²) in [6.07, 6.45) is 2.44. The molecule has 2 aromatic rings. The van der Waals surface area contributed by atoms with Gasteiger partial charge >= 0.3 is 0 Å². The van der Waals surface area contributed by atoms with Gasteiger partial charge in [-0.1, -0.05) is 49.7 Å². The summed E-state index contributed by atoms with van der Waals surface area (Å²) in [6.45, 7) is 4.84. The van der Waals surface area contributed by atoms with Crippen molar-refractivity contribution >= 4 is 11.6 Å². The average Bonchev–Trinajstić information content (AvgIpc) is 2.73. The number of carbonyl (C=O) groups excluding carboxylic acids is 2. The molecule has 4 rings (SSSR count). The number of hydrogen-bond acceptors (Lipinski definition) is 6. The summed E-state index contributed by atoms with van der Waals surface area (Å²) in [4.78, 5) is 24.3. The Morgan fingerprint density at radius 3 is 2.43 bits per heavy atom. The molecule has 1 heterocycles. The highest BCUT2D eigenvalue weighted by Crippen LogP contribution is 2.32. The smallest absolute Gasteiger partial charge is 0.198 e. The van der Waals surface area contributed by atoms with Crippen molar-refractivity contribution in [1.29, 1.82) is 0 Å². The van der Waals surface area contributed by atoms with Crippen molar-refractivity contribution in [2.45, 2.75) is 31.9 Å². The minimum absolute atomic E-state index is 0.108. The second-order valence-corrected chi connectivity index (χ2v) is 6.97. The van der Waals surface area contributed by atoms with E-state index in [0.29, 0.717) is 11.1 Å². The number of morpholine rings is 1. The number of ketones is 2. The molecule has 2 aliphatic rings. The molecular formula is C22H26N2O4. The second kappa shape index (κ2) is 9.10. The van der Waals surface area contributed by atoms with Crippen LogP contribution < -0.4 is 11.1 Å². The Kier molecular flexibility index (Phi) is 6.57. The highest BCUT2D eigenvalue weighted by atomic mass is 16.5. The largest absolute Gasteiger partial charge is 0.507 e. The molecule has 4 N–H and O–H groups in total. The van der Waals surface area contributed by atoms with Gasteiger partial charge in [0.05, 0.1) is 18.3 Å². The fraction of sp³-hybridized carbons (Fsp3) is 0.364. The first-order valence-electron chi connectivity index (χ1n) is 9.62. The van der Waals surface area contributed by atoms with E-state index in [-0.39, 0.29) is 40.6 Å². The summed E-state index contributed by atoms with van der Waals surface area (Å²) in [5.41, 5.74) is 7.03. The van der Waals surface area contributed by atoms with Crippen LogP contribution in [0.2, 0.25) is 0 Å². The first-order valence-corrected chi connectivity index (χ1v) is 9.62. The third-order valence-corrected chi connectivity index (χ3v) is 4.99. The zero-order valence-corrected chi connectivity index (χ0v) is 16.0. The van der Waals surface area contributed by atoms with E-state index in [1.807, 2.05) is 0 Å². The highest BCUT2D eigenvalue weighted by Gasteiger charge is 2.31. The fourth-order valence-electron chi connectivity index (χ4n) is 3.51. The van der Waals surface area contributed by atoms with Gasteiger partial charge in [-0.15, -0.1) is 0 Å². The maximum atomic E-state index is 12.2. The molecule has 0 radical (unpaired) electrons. The fourth-order valence-corrected chi connectivity index (χ4v) is 3.51. The molecule has 2 aromatic carbocycles. The number of rotatable bonds is 3. The number of carbonyl (C=O) groups is 2. The van der Waals surface area contributed by atoms with Crippen LogP contribution in [0.3, 0.4) is 0 Å². The lowest BCUT2D eigenvalue weighted by molar-refractivity contribution is 0.0109. The van der Waals surface area contributed by atoms with E-state index in [2.05, 4.69) is 12.2 Å². The number of phenols is 1. The number of phenolic OH excluding ortho intramolecular Hbond substituents is 1. The van der Waals surface area contributed by atoms with Crippen LogP contribution in [0.5, 0.6) is 5.75 Å². The topological polar surface area (TPSA) is 102 Å². The van der Waals surface area contributed by atoms with E-state index in [0.717, 1.165) is 32.5 Å². The van der Waals surface area contributed by atoms with Crippen LogP contribution in [-0.2, 0) is 4.74 Å². The van der Waals surface area contributed by atoms with Crippen LogP contribution in [0.15, 0.2) is 42.5 Å². The first-order chi connectivity index (χ1) is 13.5. The molecule has 1 fully saturated rings. The molecule has 2 unspecified atom stereocenters. The van der Waals surface area contributed by atoms with E-state index >= 15 is 0 Å². The molecule has 0 aromatic heterocycles. The van der Waals surface area contributed by atoms with Gasteiger partial charge in [0.15, 0.2) is 11.6 Å². The minimum atomic E-state index is -0.298. The zero-order valence-electron chi connectivity index (χ0n) is 16.0. The summed E-state index contributed by atoms with van der Waals surface area (Å²) in [6, 6.07) is 11.4. The molecular weight excluding hydrogens is 356 g/mol. The van der Waals surface area contributed by atoms with Crippen LogP contribution in [-0.4, -0.2) is 48.5 Å². The van der Waals surface area contributed by atoms with Crippen LogP contribution >= 0.6 is 0 Å². The molecule has 6 heteroatoms. The molecule has 6 nitrogen and oxygen atoms in total. The molecule has 1 aliphatic carbocycles. The van der Waals surface area contributed by atoms with Crippen molar-refractivity contribution in [3.63, 3.8) is 0 Å². The van der Waals surface area contributed by atoms with Crippen molar-refractivity contribution < 1.29 is 19.4 Å². The van der Waals surface area contributed by atoms with Gasteiger partial charge in [0.25, 0.3) is 0 Å². The van der Waals surface area contributed by atoms with Gasteiger partial charge in [-0.3, -0.25) is 9.59 Å². The standard InChI is InChI=1S/C14H8O3.C8H18N2O/c15-11-7-3-6-10-12(11)14(17)9-5-2-1-4-8(9)13(10)16;1-2-3-7(9)8-6-10-4-5-11-8/h1-7,15H;7-8,10H,2-6,9H2,1H3. The summed E-state index contributed by atoms with van der Waals surface area (Å²) in [5.74, 6) is -0.658. The number of hydrogen-bond donors (Lipinski definition) is 3. The van der Waals surface area contributed by atoms with E-state index in [4.69, 9.17) is 10.5 Å². The van der Waals surface area contributed by atoms with E-state index in [1.54, 1.807) is 36.4 Å². The number of ether oxygens (including phenoxy) is 1. The van der Waals surface area contributed by atoms with E-state index in [1.165, 1.54) is 6.07 Å². The van der Waals surface area contributed by atoms with Crippen molar-refractivity contribution in [2.24, 2.45) is 5.73 Å². The Balaban J connectivity index is 0.000000178. The first kappa shape index (κ1) is 20.2. The zero-order chi connectivity index (χ0) is 20.1. The van der Waals surface area contributed by atoms with Crippen LogP contribution in [0, 0.1) is 0 Å². The van der Waals surface area contributed by atoms with Gasteiger partial charge in [-0.05, 0) is 12.5 Å². The molecule has 0 spiro atoms. The van der Waals surface area contributed by atoms with Crippen molar-refractivity contribution in [3.8, 4) is 5.75 Å². The van der Waals surface area contributed by atoms with E-state index < -0.39 is 0 Å². The molecule has 28 heavy (non-hydrogen) atoms. The Labute approximate surface area is 164 Å². The molecule has 0 saturated carbocycles. The lowest BCUT2D eigenvalue weighted by Gasteiger charge is -2.28. The lowest BCUT2D eigenvalue weighted by atomic mass is 9.84. The van der Waals surface area contributed by atoms with Gasteiger partial charge in [0.2, 0.25) is 0 Å². The van der Waals surface area contributed by atoms with Crippen LogP contribution in [0.1, 0.15) is 51.6 Å². The summed E-state index contributed by atoms with van der Waals surface area (Å²) < 4.78 is 5.50. The van der Waals surface area contributed by atoms with Crippen molar-refractivity contribution in [1.82, 2.24) is 5.32 Å². The second-order valence-electron chi connectivity index (χ2n) is 6.97. The number of fused-ring (bicyclic) bond motifs is 2. The molecule has 1 aliphatic heterocycles. The van der Waals surface area contributed by atoms with Crippen LogP contribution in [0.4, 0.5) is 0 Å². The molecule has 0 bridgehead atoms. The van der Waals surface area contributed by atoms with Crippen LogP contribution in [0.25, 0.3) is 0 Å². The Bertz CT molecular complexity index is 859. The Hall–Kier alpha value is -2.54. The van der Waals surface area contributed by atoms with Gasteiger partial charge < -0.3 is 20.9 Å². The Morgan fingerprint density at radius 1 is 1.11 bits per heavy atom. The lowest BCUT2D eigenvalue weighted by Crippen LogP contribution is -2.48.